The molecule has 4 aliphatic rings. The molecule has 8 nitrogen and oxygen atoms in total. The Morgan fingerprint density at radius 3 is 2.35 bits per heavy atom. The quantitative estimate of drug-likeness (QED) is 0.432. The molecule has 216 valence electrons. The minimum absolute atomic E-state index is 0.0504. The molecule has 0 radical (unpaired) electrons. The second kappa shape index (κ2) is 9.84. The number of aliphatic hydroxyl groups excluding tert-OH is 1. The number of esters is 1. The molecule has 2 saturated heterocycles. The van der Waals surface area contributed by atoms with E-state index in [2.05, 4.69) is 34.6 Å². The summed E-state index contributed by atoms with van der Waals surface area (Å²) in [5.41, 5.74) is -2.15. The van der Waals surface area contributed by atoms with E-state index >= 15 is 0 Å². The van der Waals surface area contributed by atoms with Crippen molar-refractivity contribution < 1.29 is 29.0 Å². The molecule has 4 aliphatic heterocycles. The molecule has 0 saturated carbocycles. The Bertz CT molecular complexity index is 1230. The highest BCUT2D eigenvalue weighted by Gasteiger charge is 2.75. The van der Waals surface area contributed by atoms with Crippen LogP contribution in [0.4, 0.5) is 0 Å². The largest absolute Gasteiger partial charge is 0.461 e. The molecule has 0 aromatic heterocycles. The van der Waals surface area contributed by atoms with E-state index < -0.39 is 46.6 Å². The Hall–Kier alpha value is -2.97. The standard InChI is InChI=1S/C32H42N2O6/c1-29(2,3)20-30(4,5)33-16-10-15-32-23(24-28(38)39-17-11-14-31(24,6)40-32)26(36)34(25(32)27(33)37)22(19-35)18-21-12-8-7-9-13-21/h7-15,22-25,35H,16-20H2,1-6H3/t22-,23+,24+,25?,31-,32+/m1/s1. The highest BCUT2D eigenvalue weighted by atomic mass is 16.6. The Labute approximate surface area is 237 Å². The number of cyclic esters (lactones) is 1. The number of amides is 2. The van der Waals surface area contributed by atoms with Gasteiger partial charge in [-0.3, -0.25) is 14.4 Å². The molecule has 1 spiro atoms. The maximum atomic E-state index is 14.8. The highest BCUT2D eigenvalue weighted by Crippen LogP contribution is 2.58. The average molecular weight is 551 g/mol. The molecule has 1 aromatic carbocycles. The van der Waals surface area contributed by atoms with Crippen molar-refractivity contribution in [2.24, 2.45) is 17.3 Å². The zero-order chi connectivity index (χ0) is 29.1. The molecule has 40 heavy (non-hydrogen) atoms. The van der Waals surface area contributed by atoms with E-state index in [1.165, 1.54) is 4.90 Å². The second-order valence-corrected chi connectivity index (χ2v) is 13.7. The molecular weight excluding hydrogens is 508 g/mol. The van der Waals surface area contributed by atoms with Crippen LogP contribution in [0.2, 0.25) is 0 Å². The molecule has 6 atom stereocenters. The zero-order valence-electron chi connectivity index (χ0n) is 24.4. The fourth-order valence-corrected chi connectivity index (χ4v) is 7.76. The van der Waals surface area contributed by atoms with Gasteiger partial charge in [-0.2, -0.15) is 0 Å². The number of hydrogen-bond acceptors (Lipinski definition) is 6. The summed E-state index contributed by atoms with van der Waals surface area (Å²) in [7, 11) is 0. The lowest BCUT2D eigenvalue weighted by Crippen LogP contribution is -2.62. The van der Waals surface area contributed by atoms with Crippen molar-refractivity contribution in [3.8, 4) is 0 Å². The van der Waals surface area contributed by atoms with Crippen molar-refractivity contribution in [2.75, 3.05) is 19.8 Å². The Morgan fingerprint density at radius 2 is 1.70 bits per heavy atom. The van der Waals surface area contributed by atoms with Crippen LogP contribution in [-0.4, -0.2) is 81.3 Å². The number of likely N-dealkylation sites (tertiary alicyclic amines) is 1. The van der Waals surface area contributed by atoms with E-state index in [-0.39, 0.29) is 30.4 Å². The number of aliphatic hydroxyl groups is 1. The van der Waals surface area contributed by atoms with Crippen LogP contribution in [0.5, 0.6) is 0 Å². The van der Waals surface area contributed by atoms with Crippen molar-refractivity contribution in [3.63, 3.8) is 0 Å². The SMILES string of the molecule is CC(C)(C)CC(C)(C)N1CC=C[C@]23O[C@]4(C)C=CCOC(=O)[C@@H]4[C@H]2C(=O)N([C@@H](CO)Cc2ccccc2)C3C1=O. The van der Waals surface area contributed by atoms with Crippen LogP contribution in [0, 0.1) is 17.3 Å². The van der Waals surface area contributed by atoms with Crippen LogP contribution in [0.25, 0.3) is 0 Å². The van der Waals surface area contributed by atoms with Crippen LogP contribution >= 0.6 is 0 Å². The summed E-state index contributed by atoms with van der Waals surface area (Å²) in [4.78, 5) is 46.0. The van der Waals surface area contributed by atoms with Crippen molar-refractivity contribution >= 4 is 17.8 Å². The van der Waals surface area contributed by atoms with Gasteiger partial charge in [0.05, 0.1) is 24.2 Å². The minimum Gasteiger partial charge on any atom is -0.461 e. The first-order chi connectivity index (χ1) is 18.7. The van der Waals surface area contributed by atoms with Gasteiger partial charge in [0.15, 0.2) is 0 Å². The molecule has 4 heterocycles. The first-order valence-electron chi connectivity index (χ1n) is 14.2. The number of carbonyl (C=O) groups excluding carboxylic acids is 3. The minimum atomic E-state index is -1.38. The summed E-state index contributed by atoms with van der Waals surface area (Å²) in [6.45, 7) is 12.4. The van der Waals surface area contributed by atoms with E-state index in [1.54, 1.807) is 19.1 Å². The van der Waals surface area contributed by atoms with Crippen molar-refractivity contribution in [3.05, 3.63) is 60.2 Å². The summed E-state index contributed by atoms with van der Waals surface area (Å²) < 4.78 is 12.3. The summed E-state index contributed by atoms with van der Waals surface area (Å²) in [5, 5.41) is 10.7. The van der Waals surface area contributed by atoms with Gasteiger partial charge in [-0.05, 0) is 50.7 Å². The van der Waals surface area contributed by atoms with E-state index in [4.69, 9.17) is 9.47 Å². The van der Waals surface area contributed by atoms with Gasteiger partial charge in [0, 0.05) is 12.1 Å². The van der Waals surface area contributed by atoms with Gasteiger partial charge in [-0.25, -0.2) is 0 Å². The first-order valence-corrected chi connectivity index (χ1v) is 14.2. The summed E-state index contributed by atoms with van der Waals surface area (Å²) in [6, 6.07) is 7.87. The molecule has 8 heteroatoms. The maximum Gasteiger partial charge on any atom is 0.313 e. The van der Waals surface area contributed by atoms with Crippen LogP contribution in [0.1, 0.15) is 53.5 Å². The summed E-state index contributed by atoms with van der Waals surface area (Å²) in [6.07, 6.45) is 8.36. The predicted molar refractivity (Wildman–Crippen MR) is 150 cm³/mol. The van der Waals surface area contributed by atoms with Crippen LogP contribution < -0.4 is 0 Å². The van der Waals surface area contributed by atoms with Crippen molar-refractivity contribution in [2.45, 2.75) is 83.2 Å². The van der Waals surface area contributed by atoms with Crippen LogP contribution in [0.3, 0.4) is 0 Å². The van der Waals surface area contributed by atoms with Gasteiger partial charge in [0.1, 0.15) is 24.2 Å². The van der Waals surface area contributed by atoms with Crippen LogP contribution in [0.15, 0.2) is 54.6 Å². The molecule has 0 bridgehead atoms. The third-order valence-corrected chi connectivity index (χ3v) is 8.86. The average Bonchev–Trinajstić information content (AvgIpc) is 3.12. The third kappa shape index (κ3) is 4.59. The zero-order valence-corrected chi connectivity index (χ0v) is 24.4. The number of hydrogen-bond donors (Lipinski definition) is 1. The predicted octanol–water partition coefficient (Wildman–Crippen LogP) is 3.29. The fourth-order valence-electron chi connectivity index (χ4n) is 7.76. The normalized spacial score (nSPS) is 32.8. The first kappa shape index (κ1) is 28.6. The number of benzene rings is 1. The monoisotopic (exact) mass is 550 g/mol. The number of nitrogens with zero attached hydrogens (tertiary/aromatic N) is 2. The van der Waals surface area contributed by atoms with Gasteiger partial charge in [0.25, 0.3) is 0 Å². The molecule has 2 fully saturated rings. The maximum absolute atomic E-state index is 14.8. The molecule has 1 N–H and O–H groups in total. The summed E-state index contributed by atoms with van der Waals surface area (Å²) >= 11 is 0. The van der Waals surface area contributed by atoms with E-state index in [1.807, 2.05) is 47.4 Å². The van der Waals surface area contributed by atoms with Gasteiger partial charge in [-0.15, -0.1) is 0 Å². The molecule has 1 unspecified atom stereocenters. The van der Waals surface area contributed by atoms with Gasteiger partial charge >= 0.3 is 5.97 Å². The van der Waals surface area contributed by atoms with Crippen molar-refractivity contribution in [1.82, 2.24) is 9.80 Å². The number of carbonyl (C=O) groups is 3. The summed E-state index contributed by atoms with van der Waals surface area (Å²) in [5.74, 6) is -3.00. The Kier molecular flexibility index (Phi) is 7.02. The third-order valence-electron chi connectivity index (χ3n) is 8.86. The Morgan fingerprint density at radius 1 is 1.00 bits per heavy atom. The molecular formula is C32H42N2O6. The number of ether oxygens (including phenoxy) is 2. The Balaban J connectivity index is 1.65. The van der Waals surface area contributed by atoms with E-state index in [0.717, 1.165) is 12.0 Å². The van der Waals surface area contributed by atoms with Gasteiger partial charge < -0.3 is 24.4 Å². The number of rotatable bonds is 6. The lowest BCUT2D eigenvalue weighted by Gasteiger charge is -2.45. The molecule has 1 aromatic rings. The molecule has 0 aliphatic carbocycles. The van der Waals surface area contributed by atoms with Gasteiger partial charge in [0.2, 0.25) is 11.8 Å². The number of fused-ring (bicyclic) bond motifs is 2. The van der Waals surface area contributed by atoms with Gasteiger partial charge in [-0.1, -0.05) is 69.3 Å². The second-order valence-electron chi connectivity index (χ2n) is 13.7. The van der Waals surface area contributed by atoms with Crippen LogP contribution in [-0.2, 0) is 30.3 Å². The lowest BCUT2D eigenvalue weighted by molar-refractivity contribution is -0.161. The topological polar surface area (TPSA) is 96.4 Å². The smallest absolute Gasteiger partial charge is 0.313 e. The molecule has 2 amide bonds. The van der Waals surface area contributed by atoms with Crippen molar-refractivity contribution in [1.29, 1.82) is 0 Å². The lowest BCUT2D eigenvalue weighted by atomic mass is 9.74. The van der Waals surface area contributed by atoms with E-state index in [0.29, 0.717) is 13.0 Å². The molecule has 5 rings (SSSR count). The van der Waals surface area contributed by atoms with E-state index in [9.17, 15) is 19.5 Å². The highest BCUT2D eigenvalue weighted by molar-refractivity contribution is 5.99. The fraction of sp³-hybridized carbons (Fsp3) is 0.594.